The van der Waals surface area contributed by atoms with Crippen molar-refractivity contribution in [2.45, 2.75) is 33.1 Å². The van der Waals surface area contributed by atoms with Gasteiger partial charge in [0.05, 0.1) is 5.02 Å². The van der Waals surface area contributed by atoms with E-state index in [1.807, 2.05) is 4.90 Å². The maximum atomic E-state index is 13.2. The van der Waals surface area contributed by atoms with E-state index in [1.165, 1.54) is 37.7 Å². The monoisotopic (exact) mass is 381 g/mol. The number of carbonyl (C=O) groups excluding carboxylic acids is 1. The van der Waals surface area contributed by atoms with E-state index in [4.69, 9.17) is 11.6 Å². The predicted octanol–water partition coefficient (Wildman–Crippen LogP) is 4.70. The molecule has 2 aliphatic rings. The van der Waals surface area contributed by atoms with Gasteiger partial charge in [0.2, 0.25) is 0 Å². The lowest BCUT2D eigenvalue weighted by Gasteiger charge is -2.39. The fourth-order valence-electron chi connectivity index (χ4n) is 4.40. The number of benzene rings is 1. The van der Waals surface area contributed by atoms with Crippen molar-refractivity contribution in [2.75, 3.05) is 38.0 Å². The lowest BCUT2D eigenvalue weighted by atomic mass is 9.89. The van der Waals surface area contributed by atoms with Gasteiger partial charge in [-0.05, 0) is 55.2 Å². The second kappa shape index (κ2) is 8.57. The summed E-state index contributed by atoms with van der Waals surface area (Å²) in [6, 6.07) is 4.11. The number of rotatable bonds is 3. The first-order valence-electron chi connectivity index (χ1n) is 9.64. The minimum absolute atomic E-state index is 0.0199. The van der Waals surface area contributed by atoms with Crippen LogP contribution in [0.2, 0.25) is 5.02 Å². The van der Waals surface area contributed by atoms with Gasteiger partial charge in [-0.15, -0.1) is 0 Å². The Morgan fingerprint density at radius 1 is 1.23 bits per heavy atom. The molecule has 0 spiro atoms. The first kappa shape index (κ1) is 19.4. The molecular formula is C20H29ClFN3O. The van der Waals surface area contributed by atoms with Crippen LogP contribution in [0.4, 0.5) is 14.9 Å². The van der Waals surface area contributed by atoms with Crippen molar-refractivity contribution in [3.05, 3.63) is 29.0 Å². The maximum Gasteiger partial charge on any atom is 0.321 e. The number of amides is 2. The number of nitrogens with one attached hydrogen (secondary N) is 1. The molecule has 1 aromatic rings. The van der Waals surface area contributed by atoms with E-state index in [1.54, 1.807) is 0 Å². The SMILES string of the molecule is CC1CC(C)CN(CC2CCN(C(=O)Nc3ccc(F)c(Cl)c3)CC2)C1. The van der Waals surface area contributed by atoms with Crippen molar-refractivity contribution < 1.29 is 9.18 Å². The Balaban J connectivity index is 1.45. The minimum atomic E-state index is -0.480. The molecule has 3 rings (SSSR count). The molecular weight excluding hydrogens is 353 g/mol. The first-order chi connectivity index (χ1) is 12.4. The van der Waals surface area contributed by atoms with Crippen molar-refractivity contribution in [3.8, 4) is 0 Å². The summed E-state index contributed by atoms with van der Waals surface area (Å²) in [5.74, 6) is 1.75. The molecule has 144 valence electrons. The molecule has 6 heteroatoms. The highest BCUT2D eigenvalue weighted by molar-refractivity contribution is 6.31. The molecule has 0 aliphatic carbocycles. The van der Waals surface area contributed by atoms with Gasteiger partial charge in [0.1, 0.15) is 5.82 Å². The van der Waals surface area contributed by atoms with Crippen LogP contribution in [0.5, 0.6) is 0 Å². The molecule has 0 bridgehead atoms. The highest BCUT2D eigenvalue weighted by Gasteiger charge is 2.27. The van der Waals surface area contributed by atoms with Crippen LogP contribution in [0.25, 0.3) is 0 Å². The molecule has 0 aromatic heterocycles. The van der Waals surface area contributed by atoms with E-state index in [-0.39, 0.29) is 11.1 Å². The molecule has 0 radical (unpaired) electrons. The molecule has 2 heterocycles. The van der Waals surface area contributed by atoms with E-state index in [0.717, 1.165) is 44.3 Å². The molecule has 2 saturated heterocycles. The molecule has 4 nitrogen and oxygen atoms in total. The van der Waals surface area contributed by atoms with Crippen LogP contribution >= 0.6 is 11.6 Å². The van der Waals surface area contributed by atoms with Gasteiger partial charge >= 0.3 is 6.03 Å². The second-order valence-corrected chi connectivity index (χ2v) is 8.56. The van der Waals surface area contributed by atoms with E-state index in [9.17, 15) is 9.18 Å². The zero-order valence-electron chi connectivity index (χ0n) is 15.7. The largest absolute Gasteiger partial charge is 0.325 e. The Kier molecular flexibility index (Phi) is 6.41. The standard InChI is InChI=1S/C20H29ClFN3O/c1-14-9-15(2)12-24(11-14)13-16-5-7-25(8-6-16)20(26)23-17-3-4-19(22)18(21)10-17/h3-4,10,14-16H,5-9,11-13H2,1-2H3,(H,23,26). The number of halogens is 2. The topological polar surface area (TPSA) is 35.6 Å². The highest BCUT2D eigenvalue weighted by Crippen LogP contribution is 2.25. The van der Waals surface area contributed by atoms with Crippen LogP contribution in [-0.2, 0) is 0 Å². The van der Waals surface area contributed by atoms with Crippen LogP contribution in [-0.4, -0.2) is 48.6 Å². The number of piperidine rings is 2. The van der Waals surface area contributed by atoms with Gasteiger partial charge in [0.15, 0.2) is 0 Å². The van der Waals surface area contributed by atoms with Crippen molar-refractivity contribution in [1.29, 1.82) is 0 Å². The molecule has 2 amide bonds. The van der Waals surface area contributed by atoms with Crippen LogP contribution in [0, 0.1) is 23.6 Å². The average Bonchev–Trinajstić information content (AvgIpc) is 2.58. The molecule has 2 fully saturated rings. The Morgan fingerprint density at radius 3 is 2.50 bits per heavy atom. The molecule has 2 unspecified atom stereocenters. The molecule has 1 aromatic carbocycles. The Bertz CT molecular complexity index is 623. The van der Waals surface area contributed by atoms with Gasteiger partial charge in [-0.1, -0.05) is 25.4 Å². The van der Waals surface area contributed by atoms with Crippen molar-refractivity contribution in [2.24, 2.45) is 17.8 Å². The van der Waals surface area contributed by atoms with Gasteiger partial charge in [-0.25, -0.2) is 9.18 Å². The number of likely N-dealkylation sites (tertiary alicyclic amines) is 2. The smallest absolute Gasteiger partial charge is 0.321 e. The summed E-state index contributed by atoms with van der Waals surface area (Å²) < 4.78 is 13.2. The van der Waals surface area contributed by atoms with Gasteiger partial charge in [-0.2, -0.15) is 0 Å². The summed E-state index contributed by atoms with van der Waals surface area (Å²) in [4.78, 5) is 16.9. The van der Waals surface area contributed by atoms with Crippen molar-refractivity contribution >= 4 is 23.3 Å². The van der Waals surface area contributed by atoms with Crippen LogP contribution in [0.1, 0.15) is 33.1 Å². The summed E-state index contributed by atoms with van der Waals surface area (Å²) in [7, 11) is 0. The van der Waals surface area contributed by atoms with Crippen molar-refractivity contribution in [1.82, 2.24) is 9.80 Å². The van der Waals surface area contributed by atoms with E-state index < -0.39 is 5.82 Å². The minimum Gasteiger partial charge on any atom is -0.325 e. The van der Waals surface area contributed by atoms with Gasteiger partial charge in [0.25, 0.3) is 0 Å². The quantitative estimate of drug-likeness (QED) is 0.823. The molecule has 2 aliphatic heterocycles. The average molecular weight is 382 g/mol. The maximum absolute atomic E-state index is 13.2. The lowest BCUT2D eigenvalue weighted by molar-refractivity contribution is 0.101. The third kappa shape index (κ3) is 5.10. The summed E-state index contributed by atoms with van der Waals surface area (Å²) in [6.07, 6.45) is 3.41. The zero-order chi connectivity index (χ0) is 18.7. The van der Waals surface area contributed by atoms with Gasteiger partial charge < -0.3 is 15.1 Å². The van der Waals surface area contributed by atoms with Gasteiger partial charge in [-0.3, -0.25) is 0 Å². The summed E-state index contributed by atoms with van der Waals surface area (Å²) in [5.41, 5.74) is 0.528. The summed E-state index contributed by atoms with van der Waals surface area (Å²) in [5, 5.41) is 2.83. The van der Waals surface area contributed by atoms with Crippen molar-refractivity contribution in [3.63, 3.8) is 0 Å². The molecule has 26 heavy (non-hydrogen) atoms. The van der Waals surface area contributed by atoms with Crippen LogP contribution < -0.4 is 5.32 Å². The molecule has 1 N–H and O–H groups in total. The predicted molar refractivity (Wildman–Crippen MR) is 104 cm³/mol. The highest BCUT2D eigenvalue weighted by atomic mass is 35.5. The van der Waals surface area contributed by atoms with Crippen LogP contribution in [0.15, 0.2) is 18.2 Å². The van der Waals surface area contributed by atoms with E-state index in [0.29, 0.717) is 11.6 Å². The summed E-state index contributed by atoms with van der Waals surface area (Å²) in [6.45, 7) is 9.79. The van der Waals surface area contributed by atoms with Crippen LogP contribution in [0.3, 0.4) is 0 Å². The number of urea groups is 1. The Hall–Kier alpha value is -1.33. The number of hydrogen-bond acceptors (Lipinski definition) is 2. The molecule has 0 saturated carbocycles. The fraction of sp³-hybridized carbons (Fsp3) is 0.650. The third-order valence-corrected chi connectivity index (χ3v) is 5.82. The number of carbonyl (C=O) groups is 1. The number of nitrogens with zero attached hydrogens (tertiary/aromatic N) is 2. The first-order valence-corrected chi connectivity index (χ1v) is 10.0. The van der Waals surface area contributed by atoms with Gasteiger partial charge in [0, 0.05) is 38.4 Å². The molecule has 2 atom stereocenters. The number of anilines is 1. The van der Waals surface area contributed by atoms with E-state index >= 15 is 0 Å². The fourth-order valence-corrected chi connectivity index (χ4v) is 4.58. The Labute approximate surface area is 160 Å². The third-order valence-electron chi connectivity index (χ3n) is 5.53. The van der Waals surface area contributed by atoms with E-state index in [2.05, 4.69) is 24.1 Å². The normalized spacial score (nSPS) is 25.3. The summed E-state index contributed by atoms with van der Waals surface area (Å²) >= 11 is 5.77. The number of hydrogen-bond donors (Lipinski definition) is 1. The Morgan fingerprint density at radius 2 is 1.88 bits per heavy atom. The zero-order valence-corrected chi connectivity index (χ0v) is 16.4. The second-order valence-electron chi connectivity index (χ2n) is 8.15. The lowest BCUT2D eigenvalue weighted by Crippen LogP contribution is -2.46.